The summed E-state index contributed by atoms with van der Waals surface area (Å²) in [5.74, 6) is -0.347. The molecule has 1 N–H and O–H groups in total. The summed E-state index contributed by atoms with van der Waals surface area (Å²) in [4.78, 5) is 25.6. The molecular weight excluding hydrogens is 359 g/mol. The number of rotatable bonds is 5. The number of amides is 2. The van der Waals surface area contributed by atoms with Crippen molar-refractivity contribution >= 4 is 46.4 Å². The van der Waals surface area contributed by atoms with Crippen LogP contribution in [0.3, 0.4) is 0 Å². The number of carbonyl (C=O) groups is 2. The molecule has 0 aromatic heterocycles. The maximum atomic E-state index is 12.2. The van der Waals surface area contributed by atoms with Crippen LogP contribution in [0.5, 0.6) is 0 Å². The van der Waals surface area contributed by atoms with E-state index in [0.29, 0.717) is 15.7 Å². The number of carbonyl (C=O) groups excluding carboxylic acids is 2. The van der Waals surface area contributed by atoms with Gasteiger partial charge in [0.1, 0.15) is 0 Å². The molecule has 0 aliphatic rings. The predicted molar refractivity (Wildman–Crippen MR) is 104 cm³/mol. The highest BCUT2D eigenvalue weighted by Crippen LogP contribution is 2.26. The normalized spacial score (nSPS) is 10.4. The summed E-state index contributed by atoms with van der Waals surface area (Å²) in [6, 6.07) is 10.6. The Morgan fingerprint density at radius 3 is 2.20 bits per heavy atom. The molecule has 132 valence electrons. The summed E-state index contributed by atoms with van der Waals surface area (Å²) in [7, 11) is 0. The van der Waals surface area contributed by atoms with Crippen LogP contribution in [0.25, 0.3) is 0 Å². The molecule has 0 saturated heterocycles. The fraction of sp³-hybridized carbons (Fsp3) is 0.263. The fourth-order valence-electron chi connectivity index (χ4n) is 2.42. The SMILES string of the molecule is CC(=O)N(CCC(=O)Nc1ccc(C)c(C)c1)c1cc(Cl)cc(Cl)c1. The molecular formula is C19H20Cl2N2O2. The molecule has 0 radical (unpaired) electrons. The Balaban J connectivity index is 2.04. The standard InChI is InChI=1S/C19H20Cl2N2O2/c1-12-4-5-17(8-13(12)2)22-19(25)6-7-23(14(3)24)18-10-15(20)9-16(21)11-18/h4-5,8-11H,6-7H2,1-3H3,(H,22,25). The zero-order valence-corrected chi connectivity index (χ0v) is 15.9. The predicted octanol–water partition coefficient (Wildman–Crippen LogP) is 4.99. The first-order chi connectivity index (χ1) is 11.8. The molecule has 0 heterocycles. The Bertz CT molecular complexity index is 786. The summed E-state index contributed by atoms with van der Waals surface area (Å²) in [6.07, 6.45) is 0.163. The number of benzene rings is 2. The molecule has 0 atom stereocenters. The van der Waals surface area contributed by atoms with Gasteiger partial charge in [-0.3, -0.25) is 9.59 Å². The molecule has 2 aromatic carbocycles. The number of aryl methyl sites for hydroxylation is 2. The Kier molecular flexibility index (Phi) is 6.45. The van der Waals surface area contributed by atoms with Crippen LogP contribution >= 0.6 is 23.2 Å². The molecule has 4 nitrogen and oxygen atoms in total. The van der Waals surface area contributed by atoms with Crippen LogP contribution < -0.4 is 10.2 Å². The monoisotopic (exact) mass is 378 g/mol. The van der Waals surface area contributed by atoms with E-state index in [2.05, 4.69) is 5.32 Å². The van der Waals surface area contributed by atoms with Crippen LogP contribution in [-0.4, -0.2) is 18.4 Å². The first kappa shape index (κ1) is 19.3. The molecule has 0 spiro atoms. The third-order valence-corrected chi connectivity index (χ3v) is 4.33. The lowest BCUT2D eigenvalue weighted by Crippen LogP contribution is -2.32. The second-order valence-electron chi connectivity index (χ2n) is 5.90. The summed E-state index contributed by atoms with van der Waals surface area (Å²) in [5.41, 5.74) is 3.59. The van der Waals surface area contributed by atoms with Gasteiger partial charge in [-0.1, -0.05) is 29.3 Å². The number of nitrogens with zero attached hydrogens (tertiary/aromatic N) is 1. The van der Waals surface area contributed by atoms with Gasteiger partial charge < -0.3 is 10.2 Å². The minimum Gasteiger partial charge on any atom is -0.326 e. The van der Waals surface area contributed by atoms with Crippen molar-refractivity contribution in [3.63, 3.8) is 0 Å². The van der Waals surface area contributed by atoms with E-state index in [1.165, 1.54) is 17.4 Å². The van der Waals surface area contributed by atoms with E-state index in [4.69, 9.17) is 23.2 Å². The van der Waals surface area contributed by atoms with E-state index in [0.717, 1.165) is 11.3 Å². The third-order valence-electron chi connectivity index (χ3n) is 3.89. The first-order valence-electron chi connectivity index (χ1n) is 7.87. The quantitative estimate of drug-likeness (QED) is 0.796. The van der Waals surface area contributed by atoms with Crippen LogP contribution in [0, 0.1) is 13.8 Å². The fourth-order valence-corrected chi connectivity index (χ4v) is 2.93. The number of nitrogens with one attached hydrogen (secondary N) is 1. The summed E-state index contributed by atoms with van der Waals surface area (Å²) < 4.78 is 0. The van der Waals surface area contributed by atoms with Gasteiger partial charge in [0.2, 0.25) is 11.8 Å². The van der Waals surface area contributed by atoms with Gasteiger partial charge in [0.15, 0.2) is 0 Å². The third kappa shape index (κ3) is 5.48. The Morgan fingerprint density at radius 2 is 1.64 bits per heavy atom. The second kappa shape index (κ2) is 8.37. The van der Waals surface area contributed by atoms with Gasteiger partial charge in [-0.15, -0.1) is 0 Å². The average Bonchev–Trinajstić information content (AvgIpc) is 2.50. The zero-order valence-electron chi connectivity index (χ0n) is 14.4. The van der Waals surface area contributed by atoms with Crippen molar-refractivity contribution in [1.29, 1.82) is 0 Å². The van der Waals surface area contributed by atoms with Gasteiger partial charge in [-0.05, 0) is 55.3 Å². The van der Waals surface area contributed by atoms with Crippen LogP contribution in [0.2, 0.25) is 10.0 Å². The van der Waals surface area contributed by atoms with Gasteiger partial charge in [0.05, 0.1) is 0 Å². The van der Waals surface area contributed by atoms with E-state index in [-0.39, 0.29) is 24.8 Å². The highest BCUT2D eigenvalue weighted by molar-refractivity contribution is 6.35. The molecule has 0 unspecified atom stereocenters. The molecule has 0 fully saturated rings. The Labute approximate surface area is 157 Å². The lowest BCUT2D eigenvalue weighted by Gasteiger charge is -2.21. The van der Waals surface area contributed by atoms with Crippen molar-refractivity contribution in [2.24, 2.45) is 0 Å². The van der Waals surface area contributed by atoms with E-state index < -0.39 is 0 Å². The van der Waals surface area contributed by atoms with Gasteiger partial charge in [-0.2, -0.15) is 0 Å². The smallest absolute Gasteiger partial charge is 0.226 e. The van der Waals surface area contributed by atoms with Crippen LogP contribution in [0.1, 0.15) is 24.5 Å². The molecule has 2 amide bonds. The number of halogens is 2. The van der Waals surface area contributed by atoms with Crippen molar-refractivity contribution in [3.05, 3.63) is 57.6 Å². The van der Waals surface area contributed by atoms with Crippen molar-refractivity contribution < 1.29 is 9.59 Å². The van der Waals surface area contributed by atoms with Crippen molar-refractivity contribution in [2.75, 3.05) is 16.8 Å². The molecule has 0 saturated carbocycles. The summed E-state index contributed by atoms with van der Waals surface area (Å²) >= 11 is 12.0. The van der Waals surface area contributed by atoms with Crippen LogP contribution in [-0.2, 0) is 9.59 Å². The number of anilines is 2. The van der Waals surface area contributed by atoms with Gasteiger partial charge in [-0.25, -0.2) is 0 Å². The van der Waals surface area contributed by atoms with E-state index in [1.807, 2.05) is 32.0 Å². The molecule has 2 aromatic rings. The molecule has 2 rings (SSSR count). The van der Waals surface area contributed by atoms with E-state index in [1.54, 1.807) is 18.2 Å². The molecule has 6 heteroatoms. The Hall–Kier alpha value is -2.04. The van der Waals surface area contributed by atoms with Crippen molar-refractivity contribution in [1.82, 2.24) is 0 Å². The number of hydrogen-bond acceptors (Lipinski definition) is 2. The maximum absolute atomic E-state index is 12.2. The van der Waals surface area contributed by atoms with Crippen molar-refractivity contribution in [3.8, 4) is 0 Å². The topological polar surface area (TPSA) is 49.4 Å². The van der Waals surface area contributed by atoms with Crippen molar-refractivity contribution in [2.45, 2.75) is 27.2 Å². The molecule has 0 aliphatic heterocycles. The lowest BCUT2D eigenvalue weighted by molar-refractivity contribution is -0.117. The molecule has 0 aliphatic carbocycles. The largest absolute Gasteiger partial charge is 0.326 e. The minimum absolute atomic E-state index is 0.163. The first-order valence-corrected chi connectivity index (χ1v) is 8.63. The highest BCUT2D eigenvalue weighted by atomic mass is 35.5. The van der Waals surface area contributed by atoms with Crippen LogP contribution in [0.4, 0.5) is 11.4 Å². The summed E-state index contributed by atoms with van der Waals surface area (Å²) in [6.45, 7) is 5.69. The molecule has 0 bridgehead atoms. The highest BCUT2D eigenvalue weighted by Gasteiger charge is 2.15. The van der Waals surface area contributed by atoms with Gasteiger partial charge in [0.25, 0.3) is 0 Å². The lowest BCUT2D eigenvalue weighted by atomic mass is 10.1. The minimum atomic E-state index is -0.183. The Morgan fingerprint density at radius 1 is 1.00 bits per heavy atom. The molecule has 25 heavy (non-hydrogen) atoms. The van der Waals surface area contributed by atoms with Gasteiger partial charge >= 0.3 is 0 Å². The average molecular weight is 379 g/mol. The van der Waals surface area contributed by atoms with Crippen LogP contribution in [0.15, 0.2) is 36.4 Å². The van der Waals surface area contributed by atoms with E-state index >= 15 is 0 Å². The zero-order chi connectivity index (χ0) is 18.6. The van der Waals surface area contributed by atoms with E-state index in [9.17, 15) is 9.59 Å². The second-order valence-corrected chi connectivity index (χ2v) is 6.77. The maximum Gasteiger partial charge on any atom is 0.226 e. The number of hydrogen-bond donors (Lipinski definition) is 1. The van der Waals surface area contributed by atoms with Gasteiger partial charge in [0, 0.05) is 41.3 Å². The summed E-state index contributed by atoms with van der Waals surface area (Å²) in [5, 5.41) is 3.73.